The highest BCUT2D eigenvalue weighted by Crippen LogP contribution is 2.36. The van der Waals surface area contributed by atoms with E-state index in [4.69, 9.17) is 19.6 Å². The lowest BCUT2D eigenvalue weighted by molar-refractivity contribution is 0.165. The summed E-state index contributed by atoms with van der Waals surface area (Å²) < 4.78 is 57.2. The van der Waals surface area contributed by atoms with Gasteiger partial charge in [0.05, 0.1) is 18.1 Å². The molecule has 32 heavy (non-hydrogen) atoms. The highest BCUT2D eigenvalue weighted by atomic mass is 32.2. The van der Waals surface area contributed by atoms with Crippen molar-refractivity contribution in [2.24, 2.45) is 5.73 Å². The topological polar surface area (TPSA) is 108 Å². The normalized spacial score (nSPS) is 12.7. The molecule has 2 aromatic carbocycles. The van der Waals surface area contributed by atoms with Crippen molar-refractivity contribution < 1.29 is 26.7 Å². The van der Waals surface area contributed by atoms with E-state index in [0.29, 0.717) is 11.1 Å². The summed E-state index contributed by atoms with van der Waals surface area (Å²) in [6.07, 6.45) is -0.741. The van der Waals surface area contributed by atoms with Crippen LogP contribution in [0.4, 0.5) is 10.3 Å². The zero-order valence-electron chi connectivity index (χ0n) is 18.1. The minimum atomic E-state index is -4.08. The van der Waals surface area contributed by atoms with Crippen LogP contribution in [0.1, 0.15) is 5.56 Å². The molecule has 3 aromatic rings. The quantitative estimate of drug-likeness (QED) is 0.457. The Morgan fingerprint density at radius 2 is 1.88 bits per heavy atom. The van der Waals surface area contributed by atoms with Crippen molar-refractivity contribution in [2.75, 3.05) is 38.9 Å². The number of methoxy groups -OCH3 is 2. The number of oxazole rings is 1. The monoisotopic (exact) mass is 463 g/mol. The van der Waals surface area contributed by atoms with E-state index in [1.807, 2.05) is 0 Å². The minimum absolute atomic E-state index is 0.0291. The third kappa shape index (κ3) is 4.99. The van der Waals surface area contributed by atoms with E-state index in [2.05, 4.69) is 4.98 Å². The second-order valence-electron chi connectivity index (χ2n) is 7.11. The molecule has 8 nitrogen and oxygen atoms in total. The predicted octanol–water partition coefficient (Wildman–Crippen LogP) is 3.01. The second kappa shape index (κ2) is 10.2. The first-order valence-electron chi connectivity index (χ1n) is 9.87. The van der Waals surface area contributed by atoms with Gasteiger partial charge in [0.1, 0.15) is 12.0 Å². The van der Waals surface area contributed by atoms with Crippen LogP contribution in [0.25, 0.3) is 11.5 Å². The zero-order valence-corrected chi connectivity index (χ0v) is 18.9. The summed E-state index contributed by atoms with van der Waals surface area (Å²) in [4.78, 5) is 5.87. The van der Waals surface area contributed by atoms with Crippen molar-refractivity contribution >= 4 is 15.7 Å². The van der Waals surface area contributed by atoms with Gasteiger partial charge >= 0.3 is 0 Å². The van der Waals surface area contributed by atoms with Gasteiger partial charge in [-0.15, -0.1) is 0 Å². The number of hydrogen-bond acceptors (Lipinski definition) is 8. The fourth-order valence-electron chi connectivity index (χ4n) is 3.17. The van der Waals surface area contributed by atoms with Crippen LogP contribution in [0.2, 0.25) is 0 Å². The van der Waals surface area contributed by atoms with Crippen LogP contribution in [0.15, 0.2) is 62.9 Å². The lowest BCUT2D eigenvalue weighted by Gasteiger charge is -2.28. The Morgan fingerprint density at radius 3 is 2.53 bits per heavy atom. The number of nitrogens with two attached hydrogens (primary N) is 1. The van der Waals surface area contributed by atoms with Crippen LogP contribution in [0.5, 0.6) is 0 Å². The number of ether oxygens (including phenoxy) is 2. The molecule has 3 rings (SSSR count). The molecule has 2 N–H and O–H groups in total. The third-order valence-corrected chi connectivity index (χ3v) is 6.52. The molecule has 1 heterocycles. The Morgan fingerprint density at radius 1 is 1.16 bits per heavy atom. The van der Waals surface area contributed by atoms with Crippen molar-refractivity contribution in [3.05, 3.63) is 59.9 Å². The Bertz CT molecular complexity index is 1150. The van der Waals surface area contributed by atoms with E-state index >= 15 is 0 Å². The summed E-state index contributed by atoms with van der Waals surface area (Å²) >= 11 is 0. The van der Waals surface area contributed by atoms with E-state index in [1.165, 1.54) is 43.4 Å². The van der Waals surface area contributed by atoms with Gasteiger partial charge in [-0.1, -0.05) is 24.3 Å². The maximum absolute atomic E-state index is 13.9. The molecule has 0 aliphatic heterocycles. The molecule has 0 fully saturated rings. The van der Waals surface area contributed by atoms with Crippen LogP contribution in [0, 0.1) is 12.7 Å². The van der Waals surface area contributed by atoms with Crippen molar-refractivity contribution in [1.82, 2.24) is 4.98 Å². The second-order valence-corrected chi connectivity index (χ2v) is 8.98. The first-order valence-corrected chi connectivity index (χ1v) is 11.4. The van der Waals surface area contributed by atoms with Gasteiger partial charge in [-0.05, 0) is 36.8 Å². The van der Waals surface area contributed by atoms with E-state index in [1.54, 1.807) is 31.2 Å². The first kappa shape index (κ1) is 23.9. The molecule has 0 radical (unpaired) electrons. The summed E-state index contributed by atoms with van der Waals surface area (Å²) in [7, 11) is -1.07. The van der Waals surface area contributed by atoms with Gasteiger partial charge in [0, 0.05) is 26.3 Å². The van der Waals surface area contributed by atoms with E-state index in [0.717, 1.165) is 0 Å². The zero-order chi connectivity index (χ0) is 23.3. The third-order valence-electron chi connectivity index (χ3n) is 4.85. The number of sulfone groups is 1. The summed E-state index contributed by atoms with van der Waals surface area (Å²) in [5, 5.41) is -0.315. The SMILES string of the molecule is COCCN(c1oc(-c2cc(F)ccc2C)nc1S(=O)(=O)c1ccccc1)C(N)COC. The lowest BCUT2D eigenvalue weighted by atomic mass is 10.1. The molecule has 1 aromatic heterocycles. The number of halogens is 1. The lowest BCUT2D eigenvalue weighted by Crippen LogP contribution is -2.47. The van der Waals surface area contributed by atoms with Crippen LogP contribution in [-0.2, 0) is 19.3 Å². The molecule has 1 unspecified atom stereocenters. The van der Waals surface area contributed by atoms with E-state index < -0.39 is 21.8 Å². The molecule has 0 aliphatic rings. The Labute approximate surface area is 186 Å². The number of benzene rings is 2. The number of aryl methyl sites for hydroxylation is 1. The molecule has 1 atom stereocenters. The molecule has 0 spiro atoms. The molecule has 0 bridgehead atoms. The predicted molar refractivity (Wildman–Crippen MR) is 118 cm³/mol. The summed E-state index contributed by atoms with van der Waals surface area (Å²) in [6.45, 7) is 2.32. The molecule has 10 heteroatoms. The van der Waals surface area contributed by atoms with Crippen molar-refractivity contribution in [3.63, 3.8) is 0 Å². The average molecular weight is 464 g/mol. The van der Waals surface area contributed by atoms with Crippen LogP contribution < -0.4 is 10.6 Å². The van der Waals surface area contributed by atoms with Gasteiger partial charge < -0.3 is 24.5 Å². The fourth-order valence-corrected chi connectivity index (χ4v) is 4.50. The first-order chi connectivity index (χ1) is 15.3. The largest absolute Gasteiger partial charge is 0.419 e. The molecule has 0 aliphatic carbocycles. The highest BCUT2D eigenvalue weighted by molar-refractivity contribution is 7.91. The van der Waals surface area contributed by atoms with Gasteiger partial charge in [0.2, 0.25) is 26.6 Å². The smallest absolute Gasteiger partial charge is 0.237 e. The number of hydrogen-bond donors (Lipinski definition) is 1. The van der Waals surface area contributed by atoms with E-state index in [-0.39, 0.29) is 41.5 Å². The van der Waals surface area contributed by atoms with E-state index in [9.17, 15) is 12.8 Å². The molecule has 172 valence electrons. The number of nitrogens with zero attached hydrogens (tertiary/aromatic N) is 2. The number of rotatable bonds is 10. The Kier molecular flexibility index (Phi) is 7.62. The molecule has 0 saturated carbocycles. The van der Waals surface area contributed by atoms with Crippen molar-refractivity contribution in [3.8, 4) is 11.5 Å². The maximum atomic E-state index is 13.9. The summed E-state index contributed by atoms with van der Waals surface area (Å²) in [5.74, 6) is -0.585. The van der Waals surface area contributed by atoms with Crippen molar-refractivity contribution in [1.29, 1.82) is 0 Å². The Balaban J connectivity index is 2.23. The summed E-state index contributed by atoms with van der Waals surface area (Å²) in [5.41, 5.74) is 7.27. The van der Waals surface area contributed by atoms with Gasteiger partial charge in [-0.25, -0.2) is 12.8 Å². The minimum Gasteiger partial charge on any atom is -0.419 e. The van der Waals surface area contributed by atoms with Gasteiger partial charge in [0.15, 0.2) is 0 Å². The molecule has 0 saturated heterocycles. The summed E-state index contributed by atoms with van der Waals surface area (Å²) in [6, 6.07) is 12.0. The molecular weight excluding hydrogens is 437 g/mol. The average Bonchev–Trinajstić information content (AvgIpc) is 3.22. The van der Waals surface area contributed by atoms with Gasteiger partial charge in [-0.3, -0.25) is 0 Å². The maximum Gasteiger partial charge on any atom is 0.237 e. The van der Waals surface area contributed by atoms with Crippen LogP contribution in [-0.4, -0.2) is 53.5 Å². The molecular formula is C22H26FN3O5S. The fraction of sp³-hybridized carbons (Fsp3) is 0.318. The van der Waals surface area contributed by atoms with Gasteiger partial charge in [0.25, 0.3) is 0 Å². The Hall–Kier alpha value is -2.79. The standard InChI is InChI=1S/C22H26FN3O5S/c1-15-9-10-16(23)13-18(15)20-25-21(32(27,28)17-7-5-4-6-8-17)22(31-20)26(11-12-29-2)19(24)14-30-3/h4-10,13,19H,11-12,14,24H2,1-3H3. The number of aromatic nitrogens is 1. The van der Waals surface area contributed by atoms with Crippen LogP contribution in [0.3, 0.4) is 0 Å². The number of anilines is 1. The van der Waals surface area contributed by atoms with Gasteiger partial charge in [-0.2, -0.15) is 4.98 Å². The van der Waals surface area contributed by atoms with Crippen LogP contribution >= 0.6 is 0 Å². The van der Waals surface area contributed by atoms with Crippen molar-refractivity contribution in [2.45, 2.75) is 23.0 Å². The highest BCUT2D eigenvalue weighted by Gasteiger charge is 2.33. The molecule has 0 amide bonds.